The Labute approximate surface area is 157 Å². The molecule has 5 aromatic rings. The molecule has 0 bridgehead atoms. The highest BCUT2D eigenvalue weighted by Gasteiger charge is 2.14. The van der Waals surface area contributed by atoms with Crippen molar-refractivity contribution in [1.29, 1.82) is 0 Å². The van der Waals surface area contributed by atoms with E-state index in [9.17, 15) is 9.59 Å². The van der Waals surface area contributed by atoms with Gasteiger partial charge in [-0.1, -0.05) is 41.6 Å². The average molecular weight is 370 g/mol. The lowest BCUT2D eigenvalue weighted by molar-refractivity contribution is 0.425. The number of fused-ring (bicyclic) bond motifs is 3. The second kappa shape index (κ2) is 6.02. The lowest BCUT2D eigenvalue weighted by Gasteiger charge is -2.12. The van der Waals surface area contributed by atoms with Crippen molar-refractivity contribution in [3.63, 3.8) is 0 Å². The van der Waals surface area contributed by atoms with Gasteiger partial charge in [0, 0.05) is 10.9 Å². The van der Waals surface area contributed by atoms with E-state index < -0.39 is 11.1 Å². The number of hydrogen-bond acceptors (Lipinski definition) is 5. The zero-order chi connectivity index (χ0) is 19.3. The zero-order valence-electron chi connectivity index (χ0n) is 14.8. The summed E-state index contributed by atoms with van der Waals surface area (Å²) in [5.74, 6) is 0.873. The average Bonchev–Trinajstić information content (AvgIpc) is 3.15. The van der Waals surface area contributed by atoms with Gasteiger partial charge in [0.15, 0.2) is 5.82 Å². The minimum atomic E-state index is -0.678. The Hall–Kier alpha value is -4.00. The van der Waals surface area contributed by atoms with Gasteiger partial charge >= 0.3 is 11.1 Å². The van der Waals surface area contributed by atoms with Gasteiger partial charge in [-0.25, -0.2) is 0 Å². The Bertz CT molecular complexity index is 1480. The highest BCUT2D eigenvalue weighted by Crippen LogP contribution is 2.25. The van der Waals surface area contributed by atoms with Gasteiger partial charge in [-0.05, 0) is 36.6 Å². The minimum Gasteiger partial charge on any atom is -0.334 e. The highest BCUT2D eigenvalue weighted by atomic mass is 16.5. The molecule has 0 amide bonds. The molecular weight excluding hydrogens is 356 g/mol. The first kappa shape index (κ1) is 16.2. The van der Waals surface area contributed by atoms with Gasteiger partial charge in [0.25, 0.3) is 5.89 Å². The molecule has 0 aliphatic rings. The first-order valence-corrected chi connectivity index (χ1v) is 8.70. The molecule has 0 saturated heterocycles. The van der Waals surface area contributed by atoms with E-state index in [4.69, 9.17) is 4.52 Å². The molecule has 0 atom stereocenters. The number of aromatic amines is 1. The molecule has 0 saturated carbocycles. The van der Waals surface area contributed by atoms with E-state index in [1.54, 1.807) is 25.1 Å². The van der Waals surface area contributed by atoms with Crippen LogP contribution in [0.1, 0.15) is 5.82 Å². The number of nitrogens with zero attached hydrogens (tertiary/aromatic N) is 3. The highest BCUT2D eigenvalue weighted by molar-refractivity contribution is 6.04. The van der Waals surface area contributed by atoms with E-state index in [1.165, 1.54) is 4.57 Å². The van der Waals surface area contributed by atoms with Gasteiger partial charge in [0.1, 0.15) is 0 Å². The van der Waals surface area contributed by atoms with Gasteiger partial charge in [0.05, 0.1) is 16.7 Å². The van der Waals surface area contributed by atoms with Crippen LogP contribution in [0, 0.1) is 6.92 Å². The van der Waals surface area contributed by atoms with E-state index in [0.29, 0.717) is 34.0 Å². The van der Waals surface area contributed by atoms with Crippen LogP contribution in [-0.2, 0) is 0 Å². The SMILES string of the molecule is Cc1noc(-c2cccc(-n3c(=O)c(=O)[nH]c4c5ccccc5ccc43)c2)n1. The fraction of sp³-hybridized carbons (Fsp3) is 0.0476. The first-order valence-electron chi connectivity index (χ1n) is 8.70. The summed E-state index contributed by atoms with van der Waals surface area (Å²) >= 11 is 0. The molecule has 136 valence electrons. The molecule has 0 radical (unpaired) electrons. The van der Waals surface area contributed by atoms with Crippen molar-refractivity contribution in [2.24, 2.45) is 0 Å². The van der Waals surface area contributed by atoms with Crippen molar-refractivity contribution < 1.29 is 4.52 Å². The predicted octanol–water partition coefficient (Wildman–Crippen LogP) is 3.19. The van der Waals surface area contributed by atoms with Crippen molar-refractivity contribution in [3.05, 3.63) is 87.2 Å². The normalized spacial score (nSPS) is 11.3. The lowest BCUT2D eigenvalue weighted by Crippen LogP contribution is -2.35. The molecule has 1 N–H and O–H groups in total. The van der Waals surface area contributed by atoms with Crippen LogP contribution in [0.3, 0.4) is 0 Å². The third-order valence-corrected chi connectivity index (χ3v) is 4.66. The van der Waals surface area contributed by atoms with Crippen molar-refractivity contribution in [2.45, 2.75) is 6.92 Å². The molecule has 7 nitrogen and oxygen atoms in total. The Kier molecular flexibility index (Phi) is 3.48. The number of H-pyrrole nitrogens is 1. The summed E-state index contributed by atoms with van der Waals surface area (Å²) in [7, 11) is 0. The van der Waals surface area contributed by atoms with Gasteiger partial charge in [-0.3, -0.25) is 14.2 Å². The second-order valence-corrected chi connectivity index (χ2v) is 6.47. The number of nitrogens with one attached hydrogen (secondary N) is 1. The number of benzene rings is 3. The van der Waals surface area contributed by atoms with Crippen LogP contribution in [-0.4, -0.2) is 19.7 Å². The van der Waals surface area contributed by atoms with Gasteiger partial charge in [0.2, 0.25) is 0 Å². The molecule has 28 heavy (non-hydrogen) atoms. The number of hydrogen-bond donors (Lipinski definition) is 1. The largest absolute Gasteiger partial charge is 0.334 e. The van der Waals surface area contributed by atoms with Crippen LogP contribution in [0.2, 0.25) is 0 Å². The van der Waals surface area contributed by atoms with E-state index in [2.05, 4.69) is 15.1 Å². The summed E-state index contributed by atoms with van der Waals surface area (Å²) in [5, 5.41) is 5.65. The standard InChI is InChI=1S/C21H14N4O3/c1-12-22-20(28-24-12)14-6-4-7-15(11-14)25-17-10-9-13-5-2-3-8-16(13)18(17)23-19(26)21(25)27/h2-11H,1H3,(H,23,26). The lowest BCUT2D eigenvalue weighted by atomic mass is 10.1. The fourth-order valence-corrected chi connectivity index (χ4v) is 3.40. The van der Waals surface area contributed by atoms with Gasteiger partial charge in [-0.15, -0.1) is 0 Å². The van der Waals surface area contributed by atoms with Crippen LogP contribution in [0.15, 0.2) is 74.8 Å². The van der Waals surface area contributed by atoms with Crippen LogP contribution >= 0.6 is 0 Å². The summed E-state index contributed by atoms with van der Waals surface area (Å²) in [6, 6.07) is 18.6. The van der Waals surface area contributed by atoms with Crippen LogP contribution < -0.4 is 11.1 Å². The Morgan fingerprint density at radius 2 is 1.86 bits per heavy atom. The predicted molar refractivity (Wildman–Crippen MR) is 106 cm³/mol. The van der Waals surface area contributed by atoms with Crippen molar-refractivity contribution in [1.82, 2.24) is 19.7 Å². The third-order valence-electron chi connectivity index (χ3n) is 4.66. The van der Waals surface area contributed by atoms with Crippen LogP contribution in [0.4, 0.5) is 0 Å². The smallest absolute Gasteiger partial charge is 0.321 e. The molecule has 0 unspecified atom stereocenters. The van der Waals surface area contributed by atoms with E-state index in [-0.39, 0.29) is 0 Å². The van der Waals surface area contributed by atoms with E-state index in [0.717, 1.165) is 10.8 Å². The topological polar surface area (TPSA) is 93.8 Å². The molecule has 0 spiro atoms. The van der Waals surface area contributed by atoms with E-state index in [1.807, 2.05) is 42.5 Å². The molecule has 5 rings (SSSR count). The maximum atomic E-state index is 12.7. The Morgan fingerprint density at radius 3 is 2.68 bits per heavy atom. The number of rotatable bonds is 2. The fourth-order valence-electron chi connectivity index (χ4n) is 3.40. The molecule has 3 aromatic carbocycles. The summed E-state index contributed by atoms with van der Waals surface area (Å²) in [6.45, 7) is 1.73. The number of aryl methyl sites for hydroxylation is 1. The minimum absolute atomic E-state index is 0.354. The van der Waals surface area contributed by atoms with Crippen molar-refractivity contribution >= 4 is 21.8 Å². The van der Waals surface area contributed by atoms with E-state index >= 15 is 0 Å². The molecule has 0 aliphatic heterocycles. The summed E-state index contributed by atoms with van der Waals surface area (Å²) in [5.41, 5.74) is 1.11. The van der Waals surface area contributed by atoms with Gasteiger partial charge < -0.3 is 9.51 Å². The molecule has 2 heterocycles. The molecule has 7 heteroatoms. The Balaban J connectivity index is 1.84. The van der Waals surface area contributed by atoms with Gasteiger partial charge in [-0.2, -0.15) is 4.98 Å². The summed E-state index contributed by atoms with van der Waals surface area (Å²) in [6.07, 6.45) is 0. The maximum absolute atomic E-state index is 12.7. The molecular formula is C21H14N4O3. The molecule has 0 fully saturated rings. The molecule has 0 aliphatic carbocycles. The number of aromatic nitrogens is 4. The van der Waals surface area contributed by atoms with Crippen LogP contribution in [0.25, 0.3) is 38.9 Å². The monoisotopic (exact) mass is 370 g/mol. The second-order valence-electron chi connectivity index (χ2n) is 6.47. The Morgan fingerprint density at radius 1 is 1.00 bits per heavy atom. The van der Waals surface area contributed by atoms with Crippen LogP contribution in [0.5, 0.6) is 0 Å². The maximum Gasteiger partial charge on any atom is 0.321 e. The van der Waals surface area contributed by atoms with Crippen molar-refractivity contribution in [3.8, 4) is 17.1 Å². The zero-order valence-corrected chi connectivity index (χ0v) is 14.8. The summed E-state index contributed by atoms with van der Waals surface area (Å²) in [4.78, 5) is 32.1. The molecule has 2 aromatic heterocycles. The van der Waals surface area contributed by atoms with Crippen molar-refractivity contribution in [2.75, 3.05) is 0 Å². The third kappa shape index (κ3) is 2.44. The summed E-state index contributed by atoms with van der Waals surface area (Å²) < 4.78 is 6.63. The first-order chi connectivity index (χ1) is 13.6. The quantitative estimate of drug-likeness (QED) is 0.380.